The van der Waals surface area contributed by atoms with Crippen LogP contribution in [-0.4, -0.2) is 23.7 Å². The van der Waals surface area contributed by atoms with Crippen LogP contribution >= 0.6 is 0 Å². The van der Waals surface area contributed by atoms with Crippen LogP contribution in [0.25, 0.3) is 0 Å². The van der Waals surface area contributed by atoms with Gasteiger partial charge in [-0.2, -0.15) is 0 Å². The van der Waals surface area contributed by atoms with Crippen LogP contribution in [0.15, 0.2) is 0 Å². The van der Waals surface area contributed by atoms with Crippen molar-refractivity contribution in [2.75, 3.05) is 13.1 Å². The van der Waals surface area contributed by atoms with E-state index in [1.807, 2.05) is 0 Å². The number of hydrogen-bond acceptors (Lipinski definition) is 2. The van der Waals surface area contributed by atoms with Gasteiger partial charge >= 0.3 is 0 Å². The molecule has 0 amide bonds. The lowest BCUT2D eigenvalue weighted by atomic mass is 9.87. The van der Waals surface area contributed by atoms with Gasteiger partial charge in [-0.05, 0) is 51.6 Å². The third-order valence-electron chi connectivity index (χ3n) is 3.21. The topological polar surface area (TPSA) is 29.3 Å². The molecular formula is C9H18N2. The standard InChI is InChI=1S/C9H18N2/c10-9-5-1-3-7-11(9)8-4-2-6-9/h1-8,10H2. The number of nitrogens with two attached hydrogens (primary N) is 1. The summed E-state index contributed by atoms with van der Waals surface area (Å²) >= 11 is 0. The molecule has 0 spiro atoms. The molecule has 2 aliphatic heterocycles. The molecule has 0 atom stereocenters. The first kappa shape index (κ1) is 7.56. The second-order valence-corrected chi connectivity index (χ2v) is 4.00. The lowest BCUT2D eigenvalue weighted by Crippen LogP contribution is -2.60. The van der Waals surface area contributed by atoms with Gasteiger partial charge in [-0.1, -0.05) is 0 Å². The van der Waals surface area contributed by atoms with Gasteiger partial charge in [0.1, 0.15) is 0 Å². The summed E-state index contributed by atoms with van der Waals surface area (Å²) in [6, 6.07) is 0. The van der Waals surface area contributed by atoms with Gasteiger partial charge in [0.25, 0.3) is 0 Å². The highest BCUT2D eigenvalue weighted by molar-refractivity contribution is 4.90. The normalized spacial score (nSPS) is 31.4. The van der Waals surface area contributed by atoms with Crippen molar-refractivity contribution in [3.8, 4) is 0 Å². The fraction of sp³-hybridized carbons (Fsp3) is 1.00. The van der Waals surface area contributed by atoms with Gasteiger partial charge < -0.3 is 5.73 Å². The average Bonchev–Trinajstić information content (AvgIpc) is 2.03. The molecule has 64 valence electrons. The fourth-order valence-electron chi connectivity index (χ4n) is 2.47. The van der Waals surface area contributed by atoms with E-state index in [4.69, 9.17) is 5.73 Å². The Morgan fingerprint density at radius 1 is 0.909 bits per heavy atom. The van der Waals surface area contributed by atoms with Gasteiger partial charge in [-0.3, -0.25) is 4.90 Å². The van der Waals surface area contributed by atoms with E-state index in [2.05, 4.69) is 4.90 Å². The third kappa shape index (κ3) is 1.30. The highest BCUT2D eigenvalue weighted by Crippen LogP contribution is 2.31. The largest absolute Gasteiger partial charge is 0.313 e. The first-order valence-electron chi connectivity index (χ1n) is 4.85. The van der Waals surface area contributed by atoms with Crippen molar-refractivity contribution in [3.63, 3.8) is 0 Å². The molecule has 0 aromatic rings. The maximum atomic E-state index is 6.29. The Hall–Kier alpha value is -0.0800. The minimum Gasteiger partial charge on any atom is -0.313 e. The van der Waals surface area contributed by atoms with E-state index in [0.29, 0.717) is 0 Å². The lowest BCUT2D eigenvalue weighted by Gasteiger charge is -2.47. The molecule has 2 N–H and O–H groups in total. The van der Waals surface area contributed by atoms with Crippen molar-refractivity contribution in [3.05, 3.63) is 0 Å². The summed E-state index contributed by atoms with van der Waals surface area (Å²) in [6.45, 7) is 2.49. The van der Waals surface area contributed by atoms with E-state index in [1.54, 1.807) is 0 Å². The molecule has 0 aromatic carbocycles. The molecule has 0 bridgehead atoms. The predicted molar refractivity (Wildman–Crippen MR) is 46.2 cm³/mol. The number of nitrogens with zero attached hydrogens (tertiary/aromatic N) is 1. The zero-order chi connectivity index (χ0) is 7.73. The molecule has 2 rings (SSSR count). The zero-order valence-corrected chi connectivity index (χ0v) is 7.18. The predicted octanol–water partition coefficient (Wildman–Crippen LogP) is 1.31. The molecule has 0 aliphatic carbocycles. The van der Waals surface area contributed by atoms with Gasteiger partial charge in [0, 0.05) is 0 Å². The van der Waals surface area contributed by atoms with Crippen LogP contribution in [0.2, 0.25) is 0 Å². The molecule has 0 aromatic heterocycles. The number of piperidine rings is 2. The van der Waals surface area contributed by atoms with Gasteiger partial charge in [0.15, 0.2) is 0 Å². The highest BCUT2D eigenvalue weighted by Gasteiger charge is 2.36. The Balaban J connectivity index is 2.06. The molecule has 11 heavy (non-hydrogen) atoms. The van der Waals surface area contributed by atoms with Crippen LogP contribution < -0.4 is 5.73 Å². The van der Waals surface area contributed by atoms with Crippen LogP contribution in [0.4, 0.5) is 0 Å². The second-order valence-electron chi connectivity index (χ2n) is 4.00. The van der Waals surface area contributed by atoms with E-state index < -0.39 is 0 Å². The zero-order valence-electron chi connectivity index (χ0n) is 7.18. The Bertz CT molecular complexity index is 132. The van der Waals surface area contributed by atoms with E-state index >= 15 is 0 Å². The SMILES string of the molecule is NC12CCCCN1CCCC2. The summed E-state index contributed by atoms with van der Waals surface area (Å²) < 4.78 is 0. The first-order valence-corrected chi connectivity index (χ1v) is 4.85. The summed E-state index contributed by atoms with van der Waals surface area (Å²) in [7, 11) is 0. The molecular weight excluding hydrogens is 136 g/mol. The smallest absolute Gasteiger partial charge is 0.0687 e. The van der Waals surface area contributed by atoms with E-state index in [1.165, 1.54) is 51.6 Å². The number of rotatable bonds is 0. The van der Waals surface area contributed by atoms with Crippen molar-refractivity contribution in [1.82, 2.24) is 4.90 Å². The molecule has 2 saturated heterocycles. The summed E-state index contributed by atoms with van der Waals surface area (Å²) in [6.07, 6.45) is 7.86. The Morgan fingerprint density at radius 2 is 1.45 bits per heavy atom. The summed E-state index contributed by atoms with van der Waals surface area (Å²) in [5.41, 5.74) is 6.40. The van der Waals surface area contributed by atoms with Crippen molar-refractivity contribution in [2.45, 2.75) is 44.2 Å². The van der Waals surface area contributed by atoms with Crippen molar-refractivity contribution < 1.29 is 0 Å². The van der Waals surface area contributed by atoms with Crippen LogP contribution in [-0.2, 0) is 0 Å². The lowest BCUT2D eigenvalue weighted by molar-refractivity contribution is 0.0167. The number of hydrogen-bond donors (Lipinski definition) is 1. The summed E-state index contributed by atoms with van der Waals surface area (Å²) in [5.74, 6) is 0. The average molecular weight is 154 g/mol. The molecule has 2 heteroatoms. The Labute approximate surface area is 68.7 Å². The van der Waals surface area contributed by atoms with Gasteiger partial charge in [0.2, 0.25) is 0 Å². The van der Waals surface area contributed by atoms with Crippen molar-refractivity contribution >= 4 is 0 Å². The molecule has 2 nitrogen and oxygen atoms in total. The van der Waals surface area contributed by atoms with Crippen LogP contribution in [0.1, 0.15) is 38.5 Å². The molecule has 0 unspecified atom stereocenters. The minimum atomic E-state index is 0.108. The molecule has 2 fully saturated rings. The van der Waals surface area contributed by atoms with Gasteiger partial charge in [0.05, 0.1) is 5.66 Å². The van der Waals surface area contributed by atoms with Gasteiger partial charge in [-0.25, -0.2) is 0 Å². The second kappa shape index (κ2) is 2.76. The summed E-state index contributed by atoms with van der Waals surface area (Å²) in [4.78, 5) is 2.50. The fourth-order valence-corrected chi connectivity index (χ4v) is 2.47. The third-order valence-corrected chi connectivity index (χ3v) is 3.21. The molecule has 2 heterocycles. The monoisotopic (exact) mass is 154 g/mol. The summed E-state index contributed by atoms with van der Waals surface area (Å²) in [5, 5.41) is 0. The minimum absolute atomic E-state index is 0.108. The number of fused-ring (bicyclic) bond motifs is 1. The van der Waals surface area contributed by atoms with E-state index in [0.717, 1.165) is 0 Å². The van der Waals surface area contributed by atoms with Crippen LogP contribution in [0, 0.1) is 0 Å². The van der Waals surface area contributed by atoms with E-state index in [-0.39, 0.29) is 5.66 Å². The molecule has 0 radical (unpaired) electrons. The molecule has 0 saturated carbocycles. The Morgan fingerprint density at radius 3 is 1.91 bits per heavy atom. The first-order chi connectivity index (χ1) is 5.31. The van der Waals surface area contributed by atoms with Crippen LogP contribution in [0.5, 0.6) is 0 Å². The van der Waals surface area contributed by atoms with E-state index in [9.17, 15) is 0 Å². The van der Waals surface area contributed by atoms with Gasteiger partial charge in [-0.15, -0.1) is 0 Å². The van der Waals surface area contributed by atoms with Crippen molar-refractivity contribution in [2.24, 2.45) is 5.73 Å². The maximum absolute atomic E-state index is 6.29. The van der Waals surface area contributed by atoms with Crippen LogP contribution in [0.3, 0.4) is 0 Å². The maximum Gasteiger partial charge on any atom is 0.0687 e. The van der Waals surface area contributed by atoms with Crippen molar-refractivity contribution in [1.29, 1.82) is 0 Å². The quantitative estimate of drug-likeness (QED) is 0.570. The molecule has 2 aliphatic rings. The Kier molecular flexibility index (Phi) is 1.90. The highest BCUT2D eigenvalue weighted by atomic mass is 15.3.